The topological polar surface area (TPSA) is 78.2 Å². The maximum Gasteiger partial charge on any atom is 0.226 e. The molecule has 0 fully saturated rings. The van der Waals surface area contributed by atoms with Gasteiger partial charge in [0.1, 0.15) is 12.1 Å². The minimum absolute atomic E-state index is 0. The molecule has 0 spiro atoms. The number of H-pyrrole nitrogens is 1. The third kappa shape index (κ3) is 6.09. The summed E-state index contributed by atoms with van der Waals surface area (Å²) in [6.07, 6.45) is 5.26. The fourth-order valence-electron chi connectivity index (χ4n) is 3.42. The first-order chi connectivity index (χ1) is 15.2. The fourth-order valence-corrected chi connectivity index (χ4v) is 3.42. The highest BCUT2D eigenvalue weighted by atomic mass is 127. The van der Waals surface area contributed by atoms with Gasteiger partial charge >= 0.3 is 0 Å². The number of halogens is 2. The number of fused-ring (bicyclic) bond motifs is 1. The summed E-state index contributed by atoms with van der Waals surface area (Å²) in [6, 6.07) is 14.4. The molecule has 3 N–H and O–H groups in total. The first-order valence-corrected chi connectivity index (χ1v) is 10.5. The zero-order chi connectivity index (χ0) is 21.5. The molecule has 8 heteroatoms. The van der Waals surface area contributed by atoms with Gasteiger partial charge in [-0.2, -0.15) is 0 Å². The lowest BCUT2D eigenvalue weighted by atomic mass is 10.1. The van der Waals surface area contributed by atoms with Crippen LogP contribution in [0.1, 0.15) is 18.2 Å². The van der Waals surface area contributed by atoms with Crippen LogP contribution in [0.4, 0.5) is 4.39 Å². The van der Waals surface area contributed by atoms with E-state index in [9.17, 15) is 4.39 Å². The molecule has 4 rings (SSSR count). The highest BCUT2D eigenvalue weighted by Gasteiger charge is 2.07. The smallest absolute Gasteiger partial charge is 0.226 e. The van der Waals surface area contributed by atoms with Crippen LogP contribution in [-0.4, -0.2) is 35.6 Å². The summed E-state index contributed by atoms with van der Waals surface area (Å²) in [5, 5.41) is 7.92. The van der Waals surface area contributed by atoms with Crippen molar-refractivity contribution in [2.45, 2.75) is 19.8 Å². The van der Waals surface area contributed by atoms with Gasteiger partial charge in [-0.1, -0.05) is 18.2 Å². The molecular weight excluding hydrogens is 520 g/mol. The van der Waals surface area contributed by atoms with Crippen LogP contribution in [0.3, 0.4) is 0 Å². The quantitative estimate of drug-likeness (QED) is 0.166. The number of aromatic nitrogens is 2. The standard InChI is InChI=1S/C24H26FN5O.HI/c1-2-26-24(27-13-11-18-15-29-22-6-4-3-5-21(18)22)28-14-12-20-16-31-23(30-20)17-7-9-19(25)10-8-17;/h3-10,15-16,29H,2,11-14H2,1H3,(H2,26,27,28);1H. The Morgan fingerprint density at radius 2 is 1.91 bits per heavy atom. The summed E-state index contributed by atoms with van der Waals surface area (Å²) in [7, 11) is 0. The van der Waals surface area contributed by atoms with Gasteiger partial charge in [0.25, 0.3) is 0 Å². The number of aliphatic imine (C=N–C) groups is 1. The summed E-state index contributed by atoms with van der Waals surface area (Å²) in [5.74, 6) is 0.991. The Kier molecular flexibility index (Phi) is 8.66. The van der Waals surface area contributed by atoms with Gasteiger partial charge in [0.15, 0.2) is 5.96 Å². The van der Waals surface area contributed by atoms with Gasteiger partial charge in [0, 0.05) is 48.7 Å². The highest BCUT2D eigenvalue weighted by Crippen LogP contribution is 2.19. The summed E-state index contributed by atoms with van der Waals surface area (Å²) in [6.45, 7) is 4.20. The van der Waals surface area contributed by atoms with Crippen molar-refractivity contribution in [2.24, 2.45) is 4.99 Å². The van der Waals surface area contributed by atoms with Crippen LogP contribution in [0.2, 0.25) is 0 Å². The molecule has 32 heavy (non-hydrogen) atoms. The molecule has 0 aliphatic rings. The normalized spacial score (nSPS) is 11.4. The van der Waals surface area contributed by atoms with Crippen molar-refractivity contribution in [1.82, 2.24) is 20.6 Å². The van der Waals surface area contributed by atoms with Crippen molar-refractivity contribution >= 4 is 40.8 Å². The molecule has 0 aliphatic carbocycles. The van der Waals surface area contributed by atoms with E-state index in [4.69, 9.17) is 4.42 Å². The zero-order valence-electron chi connectivity index (χ0n) is 17.9. The van der Waals surface area contributed by atoms with E-state index >= 15 is 0 Å². The van der Waals surface area contributed by atoms with Gasteiger partial charge in [-0.15, -0.1) is 24.0 Å². The van der Waals surface area contributed by atoms with E-state index in [1.807, 2.05) is 13.0 Å². The van der Waals surface area contributed by atoms with Gasteiger partial charge in [-0.25, -0.2) is 9.37 Å². The second-order valence-electron chi connectivity index (χ2n) is 7.20. The molecule has 0 saturated carbocycles. The van der Waals surface area contributed by atoms with E-state index in [1.54, 1.807) is 18.4 Å². The van der Waals surface area contributed by atoms with E-state index < -0.39 is 0 Å². The van der Waals surface area contributed by atoms with E-state index in [1.165, 1.54) is 23.1 Å². The number of nitrogens with zero attached hydrogens (tertiary/aromatic N) is 2. The lowest BCUT2D eigenvalue weighted by Gasteiger charge is -2.10. The average Bonchev–Trinajstić information content (AvgIpc) is 3.42. The van der Waals surface area contributed by atoms with Crippen molar-refractivity contribution in [3.05, 3.63) is 78.1 Å². The number of hydrogen-bond acceptors (Lipinski definition) is 3. The lowest BCUT2D eigenvalue weighted by Crippen LogP contribution is -2.38. The SMILES string of the molecule is CCNC(=NCCc1coc(-c2ccc(F)cc2)n1)NCCc1c[nH]c2ccccc12.I. The summed E-state index contributed by atoms with van der Waals surface area (Å²) >= 11 is 0. The Balaban J connectivity index is 0.00000289. The summed E-state index contributed by atoms with van der Waals surface area (Å²) < 4.78 is 18.6. The van der Waals surface area contributed by atoms with Crippen LogP contribution in [0.25, 0.3) is 22.4 Å². The van der Waals surface area contributed by atoms with Crippen molar-refractivity contribution < 1.29 is 8.81 Å². The predicted molar refractivity (Wildman–Crippen MR) is 137 cm³/mol. The molecule has 168 valence electrons. The zero-order valence-corrected chi connectivity index (χ0v) is 20.2. The van der Waals surface area contributed by atoms with Crippen molar-refractivity contribution in [3.8, 4) is 11.5 Å². The number of guanidine groups is 1. The number of nitrogens with one attached hydrogen (secondary N) is 3. The minimum atomic E-state index is -0.280. The van der Waals surface area contributed by atoms with E-state index in [0.29, 0.717) is 18.9 Å². The summed E-state index contributed by atoms with van der Waals surface area (Å²) in [5.41, 5.74) is 4.02. The van der Waals surface area contributed by atoms with E-state index in [-0.39, 0.29) is 29.8 Å². The highest BCUT2D eigenvalue weighted by molar-refractivity contribution is 14.0. The molecule has 2 aromatic carbocycles. The Hall–Kier alpha value is -2.88. The van der Waals surface area contributed by atoms with Gasteiger partial charge < -0.3 is 20.0 Å². The predicted octanol–water partition coefficient (Wildman–Crippen LogP) is 4.92. The molecule has 0 radical (unpaired) electrons. The van der Waals surface area contributed by atoms with Crippen LogP contribution in [0, 0.1) is 5.82 Å². The molecule has 2 heterocycles. The maximum atomic E-state index is 13.1. The largest absolute Gasteiger partial charge is 0.444 e. The monoisotopic (exact) mass is 547 g/mol. The number of hydrogen-bond donors (Lipinski definition) is 3. The molecule has 0 saturated heterocycles. The van der Waals surface area contributed by atoms with E-state index in [2.05, 4.69) is 50.0 Å². The molecule has 0 atom stereocenters. The lowest BCUT2D eigenvalue weighted by molar-refractivity contribution is 0.572. The molecule has 0 aliphatic heterocycles. The van der Waals surface area contributed by atoms with E-state index in [0.717, 1.165) is 42.2 Å². The van der Waals surface area contributed by atoms with Crippen LogP contribution >= 0.6 is 24.0 Å². The first-order valence-electron chi connectivity index (χ1n) is 10.5. The summed E-state index contributed by atoms with van der Waals surface area (Å²) in [4.78, 5) is 12.4. The van der Waals surface area contributed by atoms with Crippen molar-refractivity contribution in [2.75, 3.05) is 19.6 Å². The van der Waals surface area contributed by atoms with Crippen molar-refractivity contribution in [3.63, 3.8) is 0 Å². The Labute approximate surface area is 203 Å². The molecular formula is C24H27FIN5O. The molecule has 4 aromatic rings. The fraction of sp³-hybridized carbons (Fsp3) is 0.250. The number of para-hydroxylation sites is 1. The molecule has 0 amide bonds. The molecule has 6 nitrogen and oxygen atoms in total. The molecule has 0 bridgehead atoms. The van der Waals surface area contributed by atoms with Crippen LogP contribution in [0.15, 0.2) is 70.4 Å². The van der Waals surface area contributed by atoms with Gasteiger partial charge in [-0.05, 0) is 49.2 Å². The third-order valence-corrected chi connectivity index (χ3v) is 4.99. The van der Waals surface area contributed by atoms with Gasteiger partial charge in [0.2, 0.25) is 5.89 Å². The molecule has 0 unspecified atom stereocenters. The Morgan fingerprint density at radius 3 is 2.72 bits per heavy atom. The Morgan fingerprint density at radius 1 is 1.09 bits per heavy atom. The Bertz CT molecular complexity index is 1150. The number of rotatable bonds is 8. The average molecular weight is 547 g/mol. The van der Waals surface area contributed by atoms with Gasteiger partial charge in [-0.3, -0.25) is 4.99 Å². The third-order valence-electron chi connectivity index (χ3n) is 4.99. The molecule has 2 aromatic heterocycles. The first kappa shape index (κ1) is 23.8. The second-order valence-corrected chi connectivity index (χ2v) is 7.20. The number of oxazole rings is 1. The maximum absolute atomic E-state index is 13.1. The van der Waals surface area contributed by atoms with Crippen LogP contribution < -0.4 is 10.6 Å². The number of benzene rings is 2. The minimum Gasteiger partial charge on any atom is -0.444 e. The van der Waals surface area contributed by atoms with Crippen molar-refractivity contribution in [1.29, 1.82) is 0 Å². The number of aromatic amines is 1. The van der Waals surface area contributed by atoms with Gasteiger partial charge in [0.05, 0.1) is 5.69 Å². The van der Waals surface area contributed by atoms with Crippen LogP contribution in [0.5, 0.6) is 0 Å². The van der Waals surface area contributed by atoms with Crippen LogP contribution in [-0.2, 0) is 12.8 Å². The second kappa shape index (κ2) is 11.7.